The molecular weight excluding hydrogens is 292 g/mol. The summed E-state index contributed by atoms with van der Waals surface area (Å²) in [6.07, 6.45) is 0.247. The number of ether oxygens (including phenoxy) is 2. The van der Waals surface area contributed by atoms with Gasteiger partial charge in [0.25, 0.3) is 0 Å². The van der Waals surface area contributed by atoms with Crippen LogP contribution in [0.3, 0.4) is 0 Å². The summed E-state index contributed by atoms with van der Waals surface area (Å²) in [5, 5.41) is 2.87. The van der Waals surface area contributed by atoms with Crippen molar-refractivity contribution in [3.8, 4) is 11.5 Å². The number of nitrogens with two attached hydrogens (primary N) is 1. The van der Waals surface area contributed by atoms with Crippen LogP contribution in [0.2, 0.25) is 0 Å². The van der Waals surface area contributed by atoms with Gasteiger partial charge in [-0.05, 0) is 23.3 Å². The van der Waals surface area contributed by atoms with E-state index in [1.54, 1.807) is 14.2 Å². The van der Waals surface area contributed by atoms with Gasteiger partial charge in [-0.1, -0.05) is 36.4 Å². The van der Waals surface area contributed by atoms with Crippen LogP contribution in [-0.2, 0) is 11.3 Å². The maximum atomic E-state index is 12.0. The first-order chi connectivity index (χ1) is 11.1. The zero-order chi connectivity index (χ0) is 16.7. The number of nitrogens with one attached hydrogen (secondary N) is 1. The normalized spacial score (nSPS) is 11.6. The molecule has 0 aromatic heterocycles. The van der Waals surface area contributed by atoms with Crippen LogP contribution in [0, 0.1) is 0 Å². The van der Waals surface area contributed by atoms with Crippen LogP contribution >= 0.6 is 0 Å². The van der Waals surface area contributed by atoms with Gasteiger partial charge in [0.05, 0.1) is 14.2 Å². The summed E-state index contributed by atoms with van der Waals surface area (Å²) in [5.74, 6) is 1.21. The molecule has 1 amide bonds. The summed E-state index contributed by atoms with van der Waals surface area (Å²) < 4.78 is 10.4. The number of hydrogen-bond acceptors (Lipinski definition) is 4. The van der Waals surface area contributed by atoms with Crippen LogP contribution in [0.15, 0.2) is 48.5 Å². The molecule has 2 rings (SSSR count). The van der Waals surface area contributed by atoms with Crippen LogP contribution in [-0.4, -0.2) is 20.1 Å². The standard InChI is InChI=1S/C18H22N2O3/c1-22-16-9-8-13(10-17(16)23-2)12-20-18(21)11-15(19)14-6-4-3-5-7-14/h3-10,15H,11-12,19H2,1-2H3,(H,20,21). The first kappa shape index (κ1) is 16.8. The van der Waals surface area contributed by atoms with Gasteiger partial charge < -0.3 is 20.5 Å². The van der Waals surface area contributed by atoms with Gasteiger partial charge in [-0.2, -0.15) is 0 Å². The minimum atomic E-state index is -0.304. The molecule has 2 aromatic carbocycles. The Balaban J connectivity index is 1.89. The Morgan fingerprint density at radius 2 is 1.78 bits per heavy atom. The second kappa shape index (κ2) is 8.19. The highest BCUT2D eigenvalue weighted by atomic mass is 16.5. The fourth-order valence-corrected chi connectivity index (χ4v) is 2.28. The van der Waals surface area contributed by atoms with Crippen LogP contribution < -0.4 is 20.5 Å². The van der Waals surface area contributed by atoms with Gasteiger partial charge in [-0.3, -0.25) is 4.79 Å². The predicted octanol–water partition coefficient (Wildman–Crippen LogP) is 2.41. The number of methoxy groups -OCH3 is 2. The molecule has 0 spiro atoms. The largest absolute Gasteiger partial charge is 0.493 e. The molecule has 0 aliphatic rings. The third-order valence-corrected chi connectivity index (χ3v) is 3.57. The number of hydrogen-bond donors (Lipinski definition) is 2. The first-order valence-corrected chi connectivity index (χ1v) is 7.42. The van der Waals surface area contributed by atoms with Crippen molar-refractivity contribution in [2.75, 3.05) is 14.2 Å². The molecule has 1 atom stereocenters. The molecule has 5 heteroatoms. The van der Waals surface area contributed by atoms with E-state index in [4.69, 9.17) is 15.2 Å². The van der Waals surface area contributed by atoms with Crippen molar-refractivity contribution in [3.05, 3.63) is 59.7 Å². The van der Waals surface area contributed by atoms with Gasteiger partial charge in [-0.15, -0.1) is 0 Å². The lowest BCUT2D eigenvalue weighted by molar-refractivity contribution is -0.121. The van der Waals surface area contributed by atoms with Gasteiger partial charge in [0.2, 0.25) is 5.91 Å². The second-order valence-electron chi connectivity index (χ2n) is 5.19. The van der Waals surface area contributed by atoms with E-state index in [0.29, 0.717) is 18.0 Å². The lowest BCUT2D eigenvalue weighted by Crippen LogP contribution is -2.27. The van der Waals surface area contributed by atoms with Gasteiger partial charge in [0.15, 0.2) is 11.5 Å². The van der Waals surface area contributed by atoms with Gasteiger partial charge in [-0.25, -0.2) is 0 Å². The van der Waals surface area contributed by atoms with E-state index >= 15 is 0 Å². The van der Waals surface area contributed by atoms with Crippen molar-refractivity contribution in [1.82, 2.24) is 5.32 Å². The van der Waals surface area contributed by atoms with Crippen molar-refractivity contribution in [3.63, 3.8) is 0 Å². The fourth-order valence-electron chi connectivity index (χ4n) is 2.28. The quantitative estimate of drug-likeness (QED) is 0.823. The topological polar surface area (TPSA) is 73.6 Å². The van der Waals surface area contributed by atoms with E-state index in [1.807, 2.05) is 48.5 Å². The number of benzene rings is 2. The molecule has 23 heavy (non-hydrogen) atoms. The highest BCUT2D eigenvalue weighted by Crippen LogP contribution is 2.27. The third kappa shape index (κ3) is 4.72. The average Bonchev–Trinajstić information content (AvgIpc) is 2.60. The van der Waals surface area contributed by atoms with Crippen LogP contribution in [0.25, 0.3) is 0 Å². The average molecular weight is 314 g/mol. The monoisotopic (exact) mass is 314 g/mol. The second-order valence-corrected chi connectivity index (χ2v) is 5.19. The molecule has 1 unspecified atom stereocenters. The molecule has 0 fully saturated rings. The van der Waals surface area contributed by atoms with E-state index in [0.717, 1.165) is 11.1 Å². The lowest BCUT2D eigenvalue weighted by Gasteiger charge is -2.13. The maximum absolute atomic E-state index is 12.0. The van der Waals surface area contributed by atoms with Gasteiger partial charge in [0.1, 0.15) is 0 Å². The zero-order valence-electron chi connectivity index (χ0n) is 13.4. The highest BCUT2D eigenvalue weighted by molar-refractivity contribution is 5.76. The molecule has 0 saturated heterocycles. The van der Waals surface area contributed by atoms with Crippen molar-refractivity contribution in [2.24, 2.45) is 5.73 Å². The zero-order valence-corrected chi connectivity index (χ0v) is 13.4. The van der Waals surface area contributed by atoms with E-state index in [-0.39, 0.29) is 18.4 Å². The Morgan fingerprint density at radius 1 is 1.09 bits per heavy atom. The Kier molecular flexibility index (Phi) is 6.00. The van der Waals surface area contributed by atoms with Crippen molar-refractivity contribution < 1.29 is 14.3 Å². The van der Waals surface area contributed by atoms with Crippen molar-refractivity contribution in [1.29, 1.82) is 0 Å². The van der Waals surface area contributed by atoms with Crippen LogP contribution in [0.4, 0.5) is 0 Å². The third-order valence-electron chi connectivity index (χ3n) is 3.57. The molecule has 0 bridgehead atoms. The van der Waals surface area contributed by atoms with E-state index in [9.17, 15) is 4.79 Å². The fraction of sp³-hybridized carbons (Fsp3) is 0.278. The molecule has 0 saturated carbocycles. The van der Waals surface area contributed by atoms with Gasteiger partial charge >= 0.3 is 0 Å². The Labute approximate surface area is 136 Å². The summed E-state index contributed by atoms with van der Waals surface area (Å²) >= 11 is 0. The molecular formula is C18H22N2O3. The maximum Gasteiger partial charge on any atom is 0.222 e. The molecule has 122 valence electrons. The van der Waals surface area contributed by atoms with E-state index in [1.165, 1.54) is 0 Å². The van der Waals surface area contributed by atoms with Crippen LogP contribution in [0.1, 0.15) is 23.6 Å². The summed E-state index contributed by atoms with van der Waals surface area (Å²) in [7, 11) is 3.17. The Bertz CT molecular complexity index is 644. The SMILES string of the molecule is COc1ccc(CNC(=O)CC(N)c2ccccc2)cc1OC. The molecule has 0 aliphatic heterocycles. The summed E-state index contributed by atoms with van der Waals surface area (Å²) in [4.78, 5) is 12.0. The van der Waals surface area contributed by atoms with Crippen molar-refractivity contribution in [2.45, 2.75) is 19.0 Å². The molecule has 3 N–H and O–H groups in total. The molecule has 0 radical (unpaired) electrons. The lowest BCUT2D eigenvalue weighted by atomic mass is 10.0. The summed E-state index contributed by atoms with van der Waals surface area (Å²) in [5.41, 5.74) is 7.94. The predicted molar refractivity (Wildman–Crippen MR) is 89.4 cm³/mol. The van der Waals surface area contributed by atoms with Crippen molar-refractivity contribution >= 4 is 5.91 Å². The smallest absolute Gasteiger partial charge is 0.222 e. The Hall–Kier alpha value is -2.53. The Morgan fingerprint density at radius 3 is 2.43 bits per heavy atom. The minimum absolute atomic E-state index is 0.0869. The first-order valence-electron chi connectivity index (χ1n) is 7.42. The summed E-state index contributed by atoms with van der Waals surface area (Å²) in [6, 6.07) is 14.8. The van der Waals surface area contributed by atoms with E-state index in [2.05, 4.69) is 5.32 Å². The highest BCUT2D eigenvalue weighted by Gasteiger charge is 2.11. The molecule has 0 heterocycles. The number of carbonyl (C=O) groups is 1. The summed E-state index contributed by atoms with van der Waals surface area (Å²) in [6.45, 7) is 0.417. The molecule has 0 aliphatic carbocycles. The number of amides is 1. The molecule has 5 nitrogen and oxygen atoms in total. The number of carbonyl (C=O) groups excluding carboxylic acids is 1. The van der Waals surface area contributed by atoms with Gasteiger partial charge in [0, 0.05) is 19.0 Å². The number of rotatable bonds is 7. The molecule has 2 aromatic rings. The van der Waals surface area contributed by atoms with Crippen LogP contribution in [0.5, 0.6) is 11.5 Å². The minimum Gasteiger partial charge on any atom is -0.493 e. The van der Waals surface area contributed by atoms with E-state index < -0.39 is 0 Å².